The predicted molar refractivity (Wildman–Crippen MR) is 132 cm³/mol. The second kappa shape index (κ2) is 9.06. The van der Waals surface area contributed by atoms with Crippen LogP contribution in [0.3, 0.4) is 0 Å². The van der Waals surface area contributed by atoms with Crippen LogP contribution >= 0.6 is 0 Å². The first kappa shape index (κ1) is 26.6. The number of nitrogens with zero attached hydrogens (tertiary/aromatic N) is 3. The molecule has 1 aliphatic heterocycles. The number of fused-ring (bicyclic) bond motifs is 2. The summed E-state index contributed by atoms with van der Waals surface area (Å²) in [6, 6.07) is -0.918. The maximum Gasteiger partial charge on any atom is 0.315 e. The van der Waals surface area contributed by atoms with Gasteiger partial charge in [-0.3, -0.25) is 4.79 Å². The van der Waals surface area contributed by atoms with Crippen LogP contribution in [0.2, 0.25) is 0 Å². The van der Waals surface area contributed by atoms with E-state index in [9.17, 15) is 19.8 Å². The fraction of sp³-hybridized carbons (Fsp3) is 0.852. The van der Waals surface area contributed by atoms with E-state index in [2.05, 4.69) is 23.0 Å². The fourth-order valence-electron chi connectivity index (χ4n) is 9.53. The summed E-state index contributed by atoms with van der Waals surface area (Å²) in [6.07, 6.45) is 2.51. The Bertz CT molecular complexity index is 1040. The van der Waals surface area contributed by atoms with Gasteiger partial charge >= 0.3 is 5.97 Å². The lowest BCUT2D eigenvalue weighted by Gasteiger charge is -2.58. The van der Waals surface area contributed by atoms with Gasteiger partial charge in [0, 0.05) is 17.4 Å². The molecular weight excluding hydrogens is 478 g/mol. The summed E-state index contributed by atoms with van der Waals surface area (Å²) in [6.45, 7) is 7.99. The lowest BCUT2D eigenvalue weighted by Crippen LogP contribution is -2.64. The molecular formula is C27H39N3O7. The molecule has 5 rings (SSSR count). The van der Waals surface area contributed by atoms with Crippen molar-refractivity contribution in [2.45, 2.75) is 84.0 Å². The molecule has 0 aromatic rings. The number of aliphatic hydroxyl groups excluding tert-OH is 1. The van der Waals surface area contributed by atoms with E-state index in [0.717, 1.165) is 24.7 Å². The van der Waals surface area contributed by atoms with E-state index in [1.54, 1.807) is 6.92 Å². The Balaban J connectivity index is 1.56. The maximum absolute atomic E-state index is 13.5. The summed E-state index contributed by atoms with van der Waals surface area (Å²) in [7, 11) is 1.46. The third kappa shape index (κ3) is 3.16. The third-order valence-electron chi connectivity index (χ3n) is 10.9. The summed E-state index contributed by atoms with van der Waals surface area (Å²) in [4.78, 5) is 29.5. The van der Waals surface area contributed by atoms with Gasteiger partial charge in [0.1, 0.15) is 17.8 Å². The lowest BCUT2D eigenvalue weighted by atomic mass is 9.43. The lowest BCUT2D eigenvalue weighted by molar-refractivity contribution is -0.284. The molecule has 3 saturated carbocycles. The number of hydrogen-bond acceptors (Lipinski definition) is 7. The van der Waals surface area contributed by atoms with Crippen LogP contribution in [-0.4, -0.2) is 66.8 Å². The average Bonchev–Trinajstić information content (AvgIpc) is 3.43. The van der Waals surface area contributed by atoms with Crippen molar-refractivity contribution in [2.75, 3.05) is 13.7 Å². The fourth-order valence-corrected chi connectivity index (χ4v) is 9.53. The van der Waals surface area contributed by atoms with Crippen molar-refractivity contribution in [1.82, 2.24) is 0 Å². The van der Waals surface area contributed by atoms with Gasteiger partial charge in [-0.2, -0.15) is 0 Å². The number of carboxylic acid groups (broad SMARTS) is 1. The van der Waals surface area contributed by atoms with E-state index >= 15 is 0 Å². The van der Waals surface area contributed by atoms with Crippen molar-refractivity contribution in [2.24, 2.45) is 50.9 Å². The minimum Gasteiger partial charge on any atom is -0.481 e. The van der Waals surface area contributed by atoms with E-state index in [4.69, 9.17) is 19.7 Å². The van der Waals surface area contributed by atoms with Gasteiger partial charge in [0.15, 0.2) is 6.29 Å². The highest BCUT2D eigenvalue weighted by Crippen LogP contribution is 2.82. The average molecular weight is 518 g/mol. The monoisotopic (exact) mass is 517 g/mol. The minimum absolute atomic E-state index is 0.0251. The summed E-state index contributed by atoms with van der Waals surface area (Å²) < 4.78 is 17.7. The number of rotatable bonds is 8. The van der Waals surface area contributed by atoms with E-state index < -0.39 is 52.9 Å². The number of azide groups is 1. The number of hydrogen-bond donors (Lipinski definition) is 2. The maximum atomic E-state index is 13.5. The zero-order valence-corrected chi connectivity index (χ0v) is 22.2. The Hall–Kier alpha value is -1.97. The van der Waals surface area contributed by atoms with Gasteiger partial charge in [0.05, 0.1) is 30.3 Å². The number of carbonyl (C=O) groups excluding carboxylic acids is 1. The highest BCUT2D eigenvalue weighted by Gasteiger charge is 2.84. The van der Waals surface area contributed by atoms with Crippen molar-refractivity contribution in [3.8, 4) is 0 Å². The molecule has 0 aromatic heterocycles. The van der Waals surface area contributed by atoms with Crippen molar-refractivity contribution in [3.63, 3.8) is 0 Å². The zero-order valence-electron chi connectivity index (χ0n) is 22.2. The number of aliphatic hydroxyl groups is 1. The van der Waals surface area contributed by atoms with Crippen LogP contribution in [0.4, 0.5) is 0 Å². The molecule has 1 heterocycles. The molecule has 2 N–H and O–H groups in total. The van der Waals surface area contributed by atoms with Crippen LogP contribution in [0, 0.1) is 45.8 Å². The summed E-state index contributed by atoms with van der Waals surface area (Å²) in [5, 5.41) is 25.9. The quantitative estimate of drug-likeness (QED) is 0.164. The van der Waals surface area contributed by atoms with Crippen LogP contribution in [0.15, 0.2) is 16.8 Å². The molecule has 0 aromatic carbocycles. The zero-order chi connectivity index (χ0) is 26.9. The predicted octanol–water partition coefficient (Wildman–Crippen LogP) is 3.73. The Morgan fingerprint density at radius 1 is 1.35 bits per heavy atom. The molecule has 4 bridgehead atoms. The van der Waals surface area contributed by atoms with E-state index in [0.29, 0.717) is 18.8 Å². The highest BCUT2D eigenvalue weighted by atomic mass is 16.7. The van der Waals surface area contributed by atoms with E-state index in [1.807, 2.05) is 13.8 Å². The van der Waals surface area contributed by atoms with Crippen molar-refractivity contribution in [1.29, 1.82) is 0 Å². The number of ether oxygens (including phenoxy) is 3. The molecule has 204 valence electrons. The van der Waals surface area contributed by atoms with Crippen molar-refractivity contribution in [3.05, 3.63) is 22.1 Å². The van der Waals surface area contributed by atoms with Gasteiger partial charge in [0.25, 0.3) is 0 Å². The highest BCUT2D eigenvalue weighted by molar-refractivity contribution is 5.90. The van der Waals surface area contributed by atoms with Crippen molar-refractivity contribution >= 4 is 12.3 Å². The normalized spacial score (nSPS) is 49.9. The standard InChI is InChI=1S/C27H39N3O7/c1-13(2)19-8-16-9-25(11-31)18-7-6-14(3)17(18)10-26(16,27(19,25)24(33)34)12-36-23-21(32)20(29-30-28)22(35-5)15(4)37-23/h8,11,13-18,20-23,32H,6-7,9-10,12H2,1-5H3,(H,33,34)/t14?,15-,16?,17?,18?,20+,21+,22-,23-,25?,26?,27?/m1/s1. The Labute approximate surface area is 217 Å². The molecule has 4 fully saturated rings. The molecule has 1 saturated heterocycles. The molecule has 5 aliphatic rings. The first-order valence-electron chi connectivity index (χ1n) is 13.5. The molecule has 37 heavy (non-hydrogen) atoms. The molecule has 4 aliphatic carbocycles. The topological polar surface area (TPSA) is 151 Å². The Morgan fingerprint density at radius 2 is 2.08 bits per heavy atom. The molecule has 0 spiro atoms. The van der Waals surface area contributed by atoms with Gasteiger partial charge < -0.3 is 29.2 Å². The van der Waals surface area contributed by atoms with Crippen LogP contribution < -0.4 is 0 Å². The van der Waals surface area contributed by atoms with Crippen LogP contribution in [-0.2, 0) is 23.8 Å². The molecule has 0 amide bonds. The van der Waals surface area contributed by atoms with Gasteiger partial charge in [0.2, 0.25) is 0 Å². The van der Waals surface area contributed by atoms with Crippen LogP contribution in [0.5, 0.6) is 0 Å². The first-order chi connectivity index (χ1) is 17.6. The number of allylic oxidation sites excluding steroid dienone is 1. The molecule has 12 atom stereocenters. The molecule has 10 nitrogen and oxygen atoms in total. The SMILES string of the molecule is CO[C@H]1[C@@H](N=[N+]=[N-])[C@H](O)[C@H](OCC23CC4C(C)CCC4C4(C=O)CC2C=C(C(C)C)C43C(=O)O)O[C@@H]1C. The third-order valence-corrected chi connectivity index (χ3v) is 10.9. The van der Waals surface area contributed by atoms with Crippen molar-refractivity contribution < 1.29 is 34.0 Å². The van der Waals surface area contributed by atoms with Gasteiger partial charge in [-0.25, -0.2) is 0 Å². The molecule has 7 unspecified atom stereocenters. The van der Waals surface area contributed by atoms with Crippen LogP contribution in [0.25, 0.3) is 10.4 Å². The molecule has 0 radical (unpaired) electrons. The first-order valence-corrected chi connectivity index (χ1v) is 13.5. The number of aldehydes is 1. The van der Waals surface area contributed by atoms with Gasteiger partial charge in [-0.15, -0.1) is 0 Å². The number of methoxy groups -OCH3 is 1. The summed E-state index contributed by atoms with van der Waals surface area (Å²) in [5.41, 5.74) is 6.71. The minimum atomic E-state index is -1.36. The number of carbonyl (C=O) groups is 2. The van der Waals surface area contributed by atoms with E-state index in [1.165, 1.54) is 7.11 Å². The summed E-state index contributed by atoms with van der Waals surface area (Å²) in [5.74, 6) is -0.457. The van der Waals surface area contributed by atoms with Gasteiger partial charge in [-0.05, 0) is 61.3 Å². The Morgan fingerprint density at radius 3 is 2.68 bits per heavy atom. The largest absolute Gasteiger partial charge is 0.481 e. The second-order valence-corrected chi connectivity index (χ2v) is 12.4. The number of aliphatic carboxylic acids is 1. The van der Waals surface area contributed by atoms with Crippen LogP contribution in [0.1, 0.15) is 53.4 Å². The second-order valence-electron chi connectivity index (χ2n) is 12.4. The van der Waals surface area contributed by atoms with E-state index in [-0.39, 0.29) is 30.3 Å². The molecule has 10 heteroatoms. The number of carboxylic acids is 1. The summed E-state index contributed by atoms with van der Waals surface area (Å²) >= 11 is 0. The van der Waals surface area contributed by atoms with Gasteiger partial charge in [-0.1, -0.05) is 44.0 Å². The Kier molecular flexibility index (Phi) is 6.52. The smallest absolute Gasteiger partial charge is 0.315 e.